The molecule has 1 saturated heterocycles. The van der Waals surface area contributed by atoms with Gasteiger partial charge in [-0.1, -0.05) is 6.92 Å². The predicted octanol–water partition coefficient (Wildman–Crippen LogP) is 0.923. The van der Waals surface area contributed by atoms with Crippen LogP contribution >= 0.6 is 0 Å². The maximum atomic E-state index is 12.1. The van der Waals surface area contributed by atoms with Crippen LogP contribution in [0.1, 0.15) is 19.8 Å². The van der Waals surface area contributed by atoms with E-state index < -0.39 is 10.0 Å². The highest BCUT2D eigenvalue weighted by atomic mass is 32.2. The number of carbonyl (C=O) groups is 1. The van der Waals surface area contributed by atoms with Crippen LogP contribution in [-0.2, 0) is 14.8 Å². The van der Waals surface area contributed by atoms with Crippen LogP contribution in [-0.4, -0.2) is 34.0 Å². The first-order valence-corrected chi connectivity index (χ1v) is 8.62. The summed E-state index contributed by atoms with van der Waals surface area (Å²) < 4.78 is 26.0. The number of anilines is 1. The van der Waals surface area contributed by atoms with Gasteiger partial charge in [0, 0.05) is 18.8 Å². The third-order valence-electron chi connectivity index (χ3n) is 3.43. The van der Waals surface area contributed by atoms with Gasteiger partial charge in [0.1, 0.15) is 0 Å². The molecule has 1 aliphatic heterocycles. The molecule has 0 aliphatic carbocycles. The Balaban J connectivity index is 2.00. The highest BCUT2D eigenvalue weighted by Crippen LogP contribution is 2.17. The Labute approximate surface area is 125 Å². The first kappa shape index (κ1) is 15.9. The van der Waals surface area contributed by atoms with Crippen molar-refractivity contribution in [3.05, 3.63) is 24.3 Å². The van der Waals surface area contributed by atoms with Crippen molar-refractivity contribution in [2.75, 3.05) is 25.0 Å². The molecule has 0 bridgehead atoms. The minimum Gasteiger partial charge on any atom is -0.326 e. The lowest BCUT2D eigenvalue weighted by Gasteiger charge is -2.21. The van der Waals surface area contributed by atoms with Gasteiger partial charge in [-0.05, 0) is 43.7 Å². The summed E-state index contributed by atoms with van der Waals surface area (Å²) >= 11 is 0. The number of amides is 1. The van der Waals surface area contributed by atoms with E-state index in [2.05, 4.69) is 15.4 Å². The molecule has 1 heterocycles. The highest BCUT2D eigenvalue weighted by molar-refractivity contribution is 7.89. The van der Waals surface area contributed by atoms with Gasteiger partial charge in [-0.25, -0.2) is 13.1 Å². The smallest absolute Gasteiger partial charge is 0.240 e. The Bertz CT molecular complexity index is 578. The Morgan fingerprint density at radius 1 is 1.33 bits per heavy atom. The SMILES string of the molecule is CCNS(=O)(=O)c1ccc(NC(=O)[C@H]2CCCNC2)cc1. The molecule has 21 heavy (non-hydrogen) atoms. The van der Waals surface area contributed by atoms with E-state index in [1.54, 1.807) is 19.1 Å². The molecule has 1 aromatic carbocycles. The number of piperidine rings is 1. The van der Waals surface area contributed by atoms with Crippen LogP contribution < -0.4 is 15.4 Å². The summed E-state index contributed by atoms with van der Waals surface area (Å²) in [6.45, 7) is 3.72. The maximum Gasteiger partial charge on any atom is 0.240 e. The molecule has 1 aliphatic rings. The number of hydrogen-bond acceptors (Lipinski definition) is 4. The van der Waals surface area contributed by atoms with Gasteiger partial charge in [0.15, 0.2) is 0 Å². The zero-order valence-corrected chi connectivity index (χ0v) is 12.9. The van der Waals surface area contributed by atoms with E-state index in [-0.39, 0.29) is 16.7 Å². The molecule has 1 atom stereocenters. The van der Waals surface area contributed by atoms with E-state index in [4.69, 9.17) is 0 Å². The van der Waals surface area contributed by atoms with E-state index in [0.717, 1.165) is 19.4 Å². The number of nitrogens with one attached hydrogen (secondary N) is 3. The Kier molecular flexibility index (Phi) is 5.33. The molecule has 7 heteroatoms. The van der Waals surface area contributed by atoms with Crippen molar-refractivity contribution in [1.82, 2.24) is 10.0 Å². The van der Waals surface area contributed by atoms with E-state index in [1.165, 1.54) is 12.1 Å². The van der Waals surface area contributed by atoms with Crippen LogP contribution in [0.4, 0.5) is 5.69 Å². The zero-order chi connectivity index (χ0) is 15.3. The minimum atomic E-state index is -3.45. The molecule has 0 aromatic heterocycles. The predicted molar refractivity (Wildman–Crippen MR) is 81.5 cm³/mol. The molecule has 2 rings (SSSR count). The third-order valence-corrected chi connectivity index (χ3v) is 5.00. The van der Waals surface area contributed by atoms with Gasteiger partial charge in [-0.3, -0.25) is 4.79 Å². The monoisotopic (exact) mass is 311 g/mol. The van der Waals surface area contributed by atoms with Crippen LogP contribution in [0.25, 0.3) is 0 Å². The fourth-order valence-corrected chi connectivity index (χ4v) is 3.35. The fourth-order valence-electron chi connectivity index (χ4n) is 2.31. The molecule has 0 radical (unpaired) electrons. The van der Waals surface area contributed by atoms with Gasteiger partial charge < -0.3 is 10.6 Å². The Morgan fingerprint density at radius 3 is 2.62 bits per heavy atom. The summed E-state index contributed by atoms with van der Waals surface area (Å²) in [6, 6.07) is 6.20. The second kappa shape index (κ2) is 7.02. The number of sulfonamides is 1. The average Bonchev–Trinajstić information content (AvgIpc) is 2.48. The lowest BCUT2D eigenvalue weighted by Crippen LogP contribution is -2.37. The number of rotatable bonds is 5. The summed E-state index contributed by atoms with van der Waals surface area (Å²) in [5.41, 5.74) is 0.612. The van der Waals surface area contributed by atoms with E-state index in [1.807, 2.05) is 0 Å². The van der Waals surface area contributed by atoms with Crippen molar-refractivity contribution in [1.29, 1.82) is 0 Å². The summed E-state index contributed by atoms with van der Waals surface area (Å²) in [4.78, 5) is 12.3. The highest BCUT2D eigenvalue weighted by Gasteiger charge is 2.21. The number of benzene rings is 1. The molecule has 1 aromatic rings. The molecule has 0 spiro atoms. The third kappa shape index (κ3) is 4.26. The lowest BCUT2D eigenvalue weighted by molar-refractivity contribution is -0.120. The van der Waals surface area contributed by atoms with Crippen LogP contribution in [0.3, 0.4) is 0 Å². The summed E-state index contributed by atoms with van der Waals surface area (Å²) in [6.07, 6.45) is 1.88. The molecule has 6 nitrogen and oxygen atoms in total. The minimum absolute atomic E-state index is 0.0236. The second-order valence-electron chi connectivity index (χ2n) is 5.06. The fraction of sp³-hybridized carbons (Fsp3) is 0.500. The van der Waals surface area contributed by atoms with Gasteiger partial charge in [0.25, 0.3) is 0 Å². The molecular weight excluding hydrogens is 290 g/mol. The molecule has 116 valence electrons. The van der Waals surface area contributed by atoms with Gasteiger partial charge in [-0.2, -0.15) is 0 Å². The maximum absolute atomic E-state index is 12.1. The van der Waals surface area contributed by atoms with E-state index in [9.17, 15) is 13.2 Å². The van der Waals surface area contributed by atoms with Gasteiger partial charge in [-0.15, -0.1) is 0 Å². The largest absolute Gasteiger partial charge is 0.326 e. The number of carbonyl (C=O) groups excluding carboxylic acids is 1. The zero-order valence-electron chi connectivity index (χ0n) is 12.1. The standard InChI is InChI=1S/C14H21N3O3S/c1-2-16-21(19,20)13-7-5-12(6-8-13)17-14(18)11-4-3-9-15-10-11/h5-8,11,15-16H,2-4,9-10H2,1H3,(H,17,18)/t11-/m0/s1. The number of hydrogen-bond donors (Lipinski definition) is 3. The topological polar surface area (TPSA) is 87.3 Å². The average molecular weight is 311 g/mol. The van der Waals surface area contributed by atoms with Gasteiger partial charge in [0.05, 0.1) is 10.8 Å². The Morgan fingerprint density at radius 2 is 2.05 bits per heavy atom. The normalized spacial score (nSPS) is 19.2. The van der Waals surface area contributed by atoms with Crippen molar-refractivity contribution in [2.24, 2.45) is 5.92 Å². The first-order chi connectivity index (χ1) is 10.0. The summed E-state index contributed by atoms with van der Waals surface area (Å²) in [5.74, 6) is -0.0478. The molecule has 1 amide bonds. The van der Waals surface area contributed by atoms with E-state index in [0.29, 0.717) is 18.8 Å². The van der Waals surface area contributed by atoms with Gasteiger partial charge >= 0.3 is 0 Å². The van der Waals surface area contributed by atoms with Crippen LogP contribution in [0.2, 0.25) is 0 Å². The van der Waals surface area contributed by atoms with Crippen molar-refractivity contribution >= 4 is 21.6 Å². The van der Waals surface area contributed by atoms with Crippen LogP contribution in [0.15, 0.2) is 29.2 Å². The van der Waals surface area contributed by atoms with Crippen molar-refractivity contribution in [2.45, 2.75) is 24.7 Å². The van der Waals surface area contributed by atoms with Gasteiger partial charge in [0.2, 0.25) is 15.9 Å². The van der Waals surface area contributed by atoms with Crippen molar-refractivity contribution < 1.29 is 13.2 Å². The lowest BCUT2D eigenvalue weighted by atomic mass is 9.99. The summed E-state index contributed by atoms with van der Waals surface area (Å²) in [7, 11) is -3.45. The molecular formula is C14H21N3O3S. The van der Waals surface area contributed by atoms with Crippen molar-refractivity contribution in [3.8, 4) is 0 Å². The van der Waals surface area contributed by atoms with E-state index >= 15 is 0 Å². The Hall–Kier alpha value is -1.44. The quantitative estimate of drug-likeness (QED) is 0.755. The summed E-state index contributed by atoms with van der Waals surface area (Å²) in [5, 5.41) is 6.02. The molecule has 0 saturated carbocycles. The van der Waals surface area contributed by atoms with Crippen molar-refractivity contribution in [3.63, 3.8) is 0 Å². The molecule has 3 N–H and O–H groups in total. The first-order valence-electron chi connectivity index (χ1n) is 7.14. The molecule has 0 unspecified atom stereocenters. The second-order valence-corrected chi connectivity index (χ2v) is 6.83. The molecule has 1 fully saturated rings. The van der Waals surface area contributed by atoms with Crippen LogP contribution in [0.5, 0.6) is 0 Å². The van der Waals surface area contributed by atoms with Crippen LogP contribution in [0, 0.1) is 5.92 Å².